The van der Waals surface area contributed by atoms with Crippen molar-refractivity contribution in [2.24, 2.45) is 0 Å². The summed E-state index contributed by atoms with van der Waals surface area (Å²) in [5.74, 6) is 0.0589. The molecule has 1 aliphatic rings. The Hall–Kier alpha value is -0.610. The van der Waals surface area contributed by atoms with Gasteiger partial charge in [-0.25, -0.2) is 0 Å². The van der Waals surface area contributed by atoms with Gasteiger partial charge < -0.3 is 15.5 Å². The average Bonchev–Trinajstić information content (AvgIpc) is 2.25. The monoisotopic (exact) mass is 199 g/mol. The number of carbonyl (C=O) groups is 1. The van der Waals surface area contributed by atoms with Crippen LogP contribution in [0.1, 0.15) is 19.3 Å². The van der Waals surface area contributed by atoms with Crippen LogP contribution in [0.3, 0.4) is 0 Å². The van der Waals surface area contributed by atoms with Gasteiger partial charge in [0, 0.05) is 20.1 Å². The Morgan fingerprint density at radius 1 is 1.29 bits per heavy atom. The second-order valence-electron chi connectivity index (χ2n) is 3.75. The molecular formula is C10H21N3O. The molecule has 0 radical (unpaired) electrons. The van der Waals surface area contributed by atoms with Gasteiger partial charge in [0.1, 0.15) is 0 Å². The standard InChI is InChI=1S/C10H21N3O/c1-11-10(14)9-12-5-8-13-6-3-2-4-7-13/h12H,2-9H2,1H3,(H,11,14). The second kappa shape index (κ2) is 6.79. The van der Waals surface area contributed by atoms with Crippen LogP contribution in [0.15, 0.2) is 0 Å². The van der Waals surface area contributed by atoms with Gasteiger partial charge in [-0.15, -0.1) is 0 Å². The minimum absolute atomic E-state index is 0.0589. The molecule has 2 N–H and O–H groups in total. The Balaban J connectivity index is 1.94. The zero-order valence-corrected chi connectivity index (χ0v) is 9.01. The topological polar surface area (TPSA) is 44.4 Å². The van der Waals surface area contributed by atoms with E-state index in [1.54, 1.807) is 7.05 Å². The lowest BCUT2D eigenvalue weighted by Gasteiger charge is -2.26. The van der Waals surface area contributed by atoms with E-state index in [1.165, 1.54) is 32.4 Å². The first-order valence-electron chi connectivity index (χ1n) is 5.46. The minimum Gasteiger partial charge on any atom is -0.358 e. The summed E-state index contributed by atoms with van der Waals surface area (Å²) in [6.45, 7) is 4.86. The molecule has 0 aromatic heterocycles. The molecule has 0 aromatic rings. The molecule has 1 aliphatic heterocycles. The largest absolute Gasteiger partial charge is 0.358 e. The third-order valence-corrected chi connectivity index (χ3v) is 2.62. The van der Waals surface area contributed by atoms with Crippen molar-refractivity contribution in [3.8, 4) is 0 Å². The molecule has 0 bridgehead atoms. The Kier molecular flexibility index (Phi) is 5.56. The lowest BCUT2D eigenvalue weighted by atomic mass is 10.1. The average molecular weight is 199 g/mol. The number of hydrogen-bond donors (Lipinski definition) is 2. The molecule has 0 atom stereocenters. The number of nitrogens with one attached hydrogen (secondary N) is 2. The summed E-state index contributed by atoms with van der Waals surface area (Å²) in [5, 5.41) is 5.72. The van der Waals surface area contributed by atoms with Crippen LogP contribution >= 0.6 is 0 Å². The van der Waals surface area contributed by atoms with Crippen molar-refractivity contribution >= 4 is 5.91 Å². The van der Waals surface area contributed by atoms with Crippen molar-refractivity contribution in [3.63, 3.8) is 0 Å². The maximum absolute atomic E-state index is 10.9. The fourth-order valence-corrected chi connectivity index (χ4v) is 1.71. The van der Waals surface area contributed by atoms with E-state index in [9.17, 15) is 4.79 Å². The quantitative estimate of drug-likeness (QED) is 0.603. The maximum atomic E-state index is 10.9. The lowest BCUT2D eigenvalue weighted by Crippen LogP contribution is -2.38. The fraction of sp³-hybridized carbons (Fsp3) is 0.900. The Labute approximate surface area is 86.0 Å². The van der Waals surface area contributed by atoms with Crippen LogP contribution < -0.4 is 10.6 Å². The molecule has 0 aliphatic carbocycles. The Morgan fingerprint density at radius 3 is 2.64 bits per heavy atom. The molecule has 0 aromatic carbocycles. The van der Waals surface area contributed by atoms with Gasteiger partial charge in [-0.1, -0.05) is 6.42 Å². The van der Waals surface area contributed by atoms with E-state index in [2.05, 4.69) is 15.5 Å². The van der Waals surface area contributed by atoms with Crippen LogP contribution in [-0.2, 0) is 4.79 Å². The van der Waals surface area contributed by atoms with Gasteiger partial charge in [0.25, 0.3) is 0 Å². The molecule has 4 heteroatoms. The Morgan fingerprint density at radius 2 is 2.00 bits per heavy atom. The van der Waals surface area contributed by atoms with E-state index in [0.29, 0.717) is 6.54 Å². The number of hydrogen-bond acceptors (Lipinski definition) is 3. The first-order valence-corrected chi connectivity index (χ1v) is 5.46. The summed E-state index contributed by atoms with van der Waals surface area (Å²) in [7, 11) is 1.66. The summed E-state index contributed by atoms with van der Waals surface area (Å²) >= 11 is 0. The molecule has 4 nitrogen and oxygen atoms in total. The van der Waals surface area contributed by atoms with E-state index in [0.717, 1.165) is 13.1 Å². The Bertz CT molecular complexity index is 167. The molecule has 14 heavy (non-hydrogen) atoms. The lowest BCUT2D eigenvalue weighted by molar-refractivity contribution is -0.119. The van der Waals surface area contributed by atoms with E-state index in [4.69, 9.17) is 0 Å². The summed E-state index contributed by atoms with van der Waals surface area (Å²) in [5.41, 5.74) is 0. The van der Waals surface area contributed by atoms with Crippen LogP contribution in [0.25, 0.3) is 0 Å². The SMILES string of the molecule is CNC(=O)CNCCN1CCCCC1. The molecule has 1 heterocycles. The van der Waals surface area contributed by atoms with Gasteiger partial charge in [-0.3, -0.25) is 4.79 Å². The van der Waals surface area contributed by atoms with Crippen molar-refractivity contribution in [1.29, 1.82) is 0 Å². The zero-order valence-electron chi connectivity index (χ0n) is 9.01. The molecule has 1 fully saturated rings. The third kappa shape index (κ3) is 4.58. The number of carbonyl (C=O) groups excluding carboxylic acids is 1. The zero-order chi connectivity index (χ0) is 10.2. The minimum atomic E-state index is 0.0589. The van der Waals surface area contributed by atoms with Gasteiger partial charge in [-0.05, 0) is 25.9 Å². The predicted molar refractivity (Wildman–Crippen MR) is 57.2 cm³/mol. The van der Waals surface area contributed by atoms with Gasteiger partial charge >= 0.3 is 0 Å². The summed E-state index contributed by atoms with van der Waals surface area (Å²) in [4.78, 5) is 13.3. The van der Waals surface area contributed by atoms with E-state index < -0.39 is 0 Å². The van der Waals surface area contributed by atoms with Crippen molar-refractivity contribution in [3.05, 3.63) is 0 Å². The second-order valence-corrected chi connectivity index (χ2v) is 3.75. The highest BCUT2D eigenvalue weighted by Crippen LogP contribution is 2.06. The number of likely N-dealkylation sites (N-methyl/N-ethyl adjacent to an activating group) is 1. The van der Waals surface area contributed by atoms with E-state index in [1.807, 2.05) is 0 Å². The molecule has 1 rings (SSSR count). The molecule has 1 amide bonds. The highest BCUT2D eigenvalue weighted by molar-refractivity contribution is 5.77. The number of likely N-dealkylation sites (tertiary alicyclic amines) is 1. The van der Waals surface area contributed by atoms with E-state index >= 15 is 0 Å². The molecule has 0 unspecified atom stereocenters. The van der Waals surface area contributed by atoms with Crippen molar-refractivity contribution in [1.82, 2.24) is 15.5 Å². The molecule has 0 saturated carbocycles. The third-order valence-electron chi connectivity index (χ3n) is 2.62. The van der Waals surface area contributed by atoms with Gasteiger partial charge in [0.15, 0.2) is 0 Å². The molecule has 0 spiro atoms. The molecule has 1 saturated heterocycles. The smallest absolute Gasteiger partial charge is 0.233 e. The number of nitrogens with zero attached hydrogens (tertiary/aromatic N) is 1. The number of amides is 1. The van der Waals surface area contributed by atoms with E-state index in [-0.39, 0.29) is 5.91 Å². The van der Waals surface area contributed by atoms with Crippen LogP contribution in [0.2, 0.25) is 0 Å². The normalized spacial score (nSPS) is 18.1. The van der Waals surface area contributed by atoms with Gasteiger partial charge in [-0.2, -0.15) is 0 Å². The molecule has 82 valence electrons. The molecular weight excluding hydrogens is 178 g/mol. The summed E-state index contributed by atoms with van der Waals surface area (Å²) in [6.07, 6.45) is 4.03. The summed E-state index contributed by atoms with van der Waals surface area (Å²) < 4.78 is 0. The first-order chi connectivity index (χ1) is 6.83. The first kappa shape index (κ1) is 11.5. The van der Waals surface area contributed by atoms with Crippen LogP contribution in [0, 0.1) is 0 Å². The predicted octanol–water partition coefficient (Wildman–Crippen LogP) is -0.192. The fourth-order valence-electron chi connectivity index (χ4n) is 1.71. The number of rotatable bonds is 5. The van der Waals surface area contributed by atoms with Gasteiger partial charge in [0.05, 0.1) is 6.54 Å². The highest BCUT2D eigenvalue weighted by Gasteiger charge is 2.08. The van der Waals surface area contributed by atoms with Crippen LogP contribution in [0.4, 0.5) is 0 Å². The maximum Gasteiger partial charge on any atom is 0.233 e. The van der Waals surface area contributed by atoms with Crippen LogP contribution in [0.5, 0.6) is 0 Å². The van der Waals surface area contributed by atoms with Crippen molar-refractivity contribution in [2.45, 2.75) is 19.3 Å². The van der Waals surface area contributed by atoms with Crippen LogP contribution in [-0.4, -0.2) is 50.6 Å². The summed E-state index contributed by atoms with van der Waals surface area (Å²) in [6, 6.07) is 0. The van der Waals surface area contributed by atoms with Crippen molar-refractivity contribution < 1.29 is 4.79 Å². The van der Waals surface area contributed by atoms with Gasteiger partial charge in [0.2, 0.25) is 5.91 Å². The van der Waals surface area contributed by atoms with Crippen molar-refractivity contribution in [2.75, 3.05) is 39.8 Å². The number of piperidine rings is 1. The highest BCUT2D eigenvalue weighted by atomic mass is 16.1.